The number of rotatable bonds is 2. The van der Waals surface area contributed by atoms with Crippen molar-refractivity contribution >= 4 is 15.9 Å². The normalized spacial score (nSPS) is 25.1. The molecule has 3 rings (SSSR count). The van der Waals surface area contributed by atoms with Gasteiger partial charge in [-0.3, -0.25) is 0 Å². The van der Waals surface area contributed by atoms with E-state index < -0.39 is 5.60 Å². The van der Waals surface area contributed by atoms with Crippen molar-refractivity contribution in [2.45, 2.75) is 44.3 Å². The van der Waals surface area contributed by atoms with Crippen LogP contribution in [0.2, 0.25) is 0 Å². The third-order valence-electron chi connectivity index (χ3n) is 3.37. The van der Waals surface area contributed by atoms with Gasteiger partial charge in [-0.15, -0.1) is 0 Å². The van der Waals surface area contributed by atoms with Gasteiger partial charge in [0.25, 0.3) is 0 Å². The zero-order chi connectivity index (χ0) is 11.3. The van der Waals surface area contributed by atoms with Crippen molar-refractivity contribution in [3.05, 3.63) is 27.7 Å². The Hall–Kier alpha value is -0.540. The Morgan fingerprint density at radius 1 is 1.50 bits per heavy atom. The SMILES string of the molecule is CC1Cc2cc(CC3(O)CC3)cc(Br)c2O1. The third-order valence-corrected chi connectivity index (χ3v) is 3.96. The molecule has 1 unspecified atom stereocenters. The van der Waals surface area contributed by atoms with Crippen LogP contribution in [0.25, 0.3) is 0 Å². The topological polar surface area (TPSA) is 29.5 Å². The summed E-state index contributed by atoms with van der Waals surface area (Å²) in [4.78, 5) is 0. The lowest BCUT2D eigenvalue weighted by molar-refractivity contribution is 0.151. The zero-order valence-electron chi connectivity index (χ0n) is 9.29. The first-order chi connectivity index (χ1) is 7.56. The molecule has 1 atom stereocenters. The van der Waals surface area contributed by atoms with E-state index >= 15 is 0 Å². The molecule has 1 fully saturated rings. The van der Waals surface area contributed by atoms with E-state index in [1.54, 1.807) is 0 Å². The summed E-state index contributed by atoms with van der Waals surface area (Å²) in [6, 6.07) is 4.26. The van der Waals surface area contributed by atoms with E-state index in [9.17, 15) is 5.11 Å². The smallest absolute Gasteiger partial charge is 0.137 e. The summed E-state index contributed by atoms with van der Waals surface area (Å²) < 4.78 is 6.75. The van der Waals surface area contributed by atoms with Crippen molar-refractivity contribution in [3.8, 4) is 5.75 Å². The predicted octanol–water partition coefficient (Wildman–Crippen LogP) is 2.84. The highest BCUT2D eigenvalue weighted by Gasteiger charge is 2.40. The monoisotopic (exact) mass is 282 g/mol. The first kappa shape index (κ1) is 10.6. The van der Waals surface area contributed by atoms with Gasteiger partial charge < -0.3 is 9.84 Å². The van der Waals surface area contributed by atoms with Gasteiger partial charge in [0, 0.05) is 12.8 Å². The highest BCUT2D eigenvalue weighted by molar-refractivity contribution is 9.10. The van der Waals surface area contributed by atoms with Crippen molar-refractivity contribution < 1.29 is 9.84 Å². The van der Waals surface area contributed by atoms with Crippen LogP contribution in [0.3, 0.4) is 0 Å². The Bertz CT molecular complexity index is 438. The van der Waals surface area contributed by atoms with Crippen LogP contribution in [-0.4, -0.2) is 16.8 Å². The molecular formula is C13H15BrO2. The molecule has 3 heteroatoms. The Balaban J connectivity index is 1.91. The highest BCUT2D eigenvalue weighted by atomic mass is 79.9. The molecule has 1 aromatic rings. The molecule has 16 heavy (non-hydrogen) atoms. The fraction of sp³-hybridized carbons (Fsp3) is 0.538. The molecule has 1 aliphatic heterocycles. The summed E-state index contributed by atoms with van der Waals surface area (Å²) in [7, 11) is 0. The number of ether oxygens (including phenoxy) is 1. The summed E-state index contributed by atoms with van der Waals surface area (Å²) in [6.45, 7) is 2.08. The second kappa shape index (κ2) is 3.47. The van der Waals surface area contributed by atoms with Crippen LogP contribution >= 0.6 is 15.9 Å². The number of hydrogen-bond donors (Lipinski definition) is 1. The van der Waals surface area contributed by atoms with E-state index in [1.165, 1.54) is 11.1 Å². The minimum atomic E-state index is -0.418. The van der Waals surface area contributed by atoms with Crippen LogP contribution in [0, 0.1) is 0 Å². The Morgan fingerprint density at radius 2 is 2.25 bits per heavy atom. The van der Waals surface area contributed by atoms with Gasteiger partial charge in [-0.25, -0.2) is 0 Å². The number of benzene rings is 1. The van der Waals surface area contributed by atoms with Gasteiger partial charge in [0.05, 0.1) is 10.1 Å². The maximum atomic E-state index is 9.93. The number of hydrogen-bond acceptors (Lipinski definition) is 2. The fourth-order valence-electron chi connectivity index (χ4n) is 2.35. The predicted molar refractivity (Wildman–Crippen MR) is 65.8 cm³/mol. The number of halogens is 1. The van der Waals surface area contributed by atoms with Crippen LogP contribution in [0.5, 0.6) is 5.75 Å². The summed E-state index contributed by atoms with van der Waals surface area (Å²) in [5.74, 6) is 0.985. The van der Waals surface area contributed by atoms with Crippen molar-refractivity contribution in [1.82, 2.24) is 0 Å². The first-order valence-corrected chi connectivity index (χ1v) is 6.55. The van der Waals surface area contributed by atoms with Crippen molar-refractivity contribution in [2.75, 3.05) is 0 Å². The minimum Gasteiger partial charge on any atom is -0.489 e. The molecule has 1 heterocycles. The molecule has 2 nitrogen and oxygen atoms in total. The Morgan fingerprint density at radius 3 is 2.94 bits per heavy atom. The fourth-order valence-corrected chi connectivity index (χ4v) is 2.99. The maximum absolute atomic E-state index is 9.93. The average molecular weight is 283 g/mol. The molecule has 86 valence electrons. The van der Waals surface area contributed by atoms with Gasteiger partial charge in [0.15, 0.2) is 0 Å². The van der Waals surface area contributed by atoms with E-state index in [-0.39, 0.29) is 6.10 Å². The molecule has 0 bridgehead atoms. The van der Waals surface area contributed by atoms with Gasteiger partial charge in [0.1, 0.15) is 11.9 Å². The molecule has 1 aromatic carbocycles. The molecule has 2 aliphatic rings. The average Bonchev–Trinajstić information content (AvgIpc) is 2.76. The summed E-state index contributed by atoms with van der Waals surface area (Å²) in [5, 5.41) is 9.93. The van der Waals surface area contributed by atoms with Gasteiger partial charge in [0.2, 0.25) is 0 Å². The van der Waals surface area contributed by atoms with Gasteiger partial charge in [-0.2, -0.15) is 0 Å². The summed E-state index contributed by atoms with van der Waals surface area (Å²) in [6.07, 6.45) is 3.89. The molecule has 0 spiro atoms. The third kappa shape index (κ3) is 1.87. The molecule has 1 aliphatic carbocycles. The molecule has 0 saturated heterocycles. The quantitative estimate of drug-likeness (QED) is 0.904. The summed E-state index contributed by atoms with van der Waals surface area (Å²) >= 11 is 3.55. The zero-order valence-corrected chi connectivity index (χ0v) is 10.9. The van der Waals surface area contributed by atoms with Gasteiger partial charge in [-0.1, -0.05) is 6.07 Å². The van der Waals surface area contributed by atoms with E-state index in [0.29, 0.717) is 0 Å². The van der Waals surface area contributed by atoms with Crippen LogP contribution in [0.1, 0.15) is 30.9 Å². The maximum Gasteiger partial charge on any atom is 0.137 e. The van der Waals surface area contributed by atoms with Crippen LogP contribution in [0.4, 0.5) is 0 Å². The van der Waals surface area contributed by atoms with Crippen molar-refractivity contribution in [1.29, 1.82) is 0 Å². The van der Waals surface area contributed by atoms with Crippen molar-refractivity contribution in [3.63, 3.8) is 0 Å². The number of fused-ring (bicyclic) bond motifs is 1. The molecule has 1 N–H and O–H groups in total. The Labute approximate surface area is 104 Å². The Kier molecular flexibility index (Phi) is 2.30. The van der Waals surface area contributed by atoms with Crippen molar-refractivity contribution in [2.24, 2.45) is 0 Å². The van der Waals surface area contributed by atoms with E-state index in [0.717, 1.165) is 35.9 Å². The molecule has 0 aromatic heterocycles. The lowest BCUT2D eigenvalue weighted by Gasteiger charge is -2.10. The van der Waals surface area contributed by atoms with Crippen LogP contribution in [-0.2, 0) is 12.8 Å². The molecule has 1 saturated carbocycles. The lowest BCUT2D eigenvalue weighted by Crippen LogP contribution is -2.10. The molecular weight excluding hydrogens is 268 g/mol. The second-order valence-corrected chi connectivity index (χ2v) is 5.95. The minimum absolute atomic E-state index is 0.269. The standard InChI is InChI=1S/C13H15BrO2/c1-8-4-10-5-9(7-13(15)2-3-13)6-11(14)12(10)16-8/h5-6,8,15H,2-4,7H2,1H3. The molecule has 0 amide bonds. The van der Waals surface area contributed by atoms with Crippen LogP contribution in [0.15, 0.2) is 16.6 Å². The van der Waals surface area contributed by atoms with E-state index in [2.05, 4.69) is 35.0 Å². The largest absolute Gasteiger partial charge is 0.489 e. The first-order valence-electron chi connectivity index (χ1n) is 5.76. The van der Waals surface area contributed by atoms with Gasteiger partial charge >= 0.3 is 0 Å². The van der Waals surface area contributed by atoms with Crippen LogP contribution < -0.4 is 4.74 Å². The lowest BCUT2D eigenvalue weighted by atomic mass is 10.0. The van der Waals surface area contributed by atoms with E-state index in [4.69, 9.17) is 4.74 Å². The highest BCUT2D eigenvalue weighted by Crippen LogP contribution is 2.42. The van der Waals surface area contributed by atoms with Gasteiger partial charge in [-0.05, 0) is 52.9 Å². The second-order valence-electron chi connectivity index (χ2n) is 5.10. The summed E-state index contributed by atoms with van der Waals surface area (Å²) in [5.41, 5.74) is 2.06. The number of aliphatic hydroxyl groups is 1. The molecule has 0 radical (unpaired) electrons. The van der Waals surface area contributed by atoms with E-state index in [1.807, 2.05) is 0 Å².